The standard InChI is InChI=1S/C12H24O2/c1-8(2)10-12(5,6)7-13-11(14-10)9(3)4/h8-11H,7H2,1-6H3/t10-,11+/m1/s1. The van der Waals surface area contributed by atoms with Gasteiger partial charge in [-0.3, -0.25) is 0 Å². The summed E-state index contributed by atoms with van der Waals surface area (Å²) in [6.07, 6.45) is 0.291. The van der Waals surface area contributed by atoms with Crippen LogP contribution in [0.2, 0.25) is 0 Å². The third-order valence-electron chi connectivity index (χ3n) is 2.82. The van der Waals surface area contributed by atoms with Gasteiger partial charge in [0.2, 0.25) is 0 Å². The monoisotopic (exact) mass is 200 g/mol. The van der Waals surface area contributed by atoms with E-state index in [1.54, 1.807) is 0 Å². The van der Waals surface area contributed by atoms with Crippen LogP contribution in [0, 0.1) is 17.3 Å². The van der Waals surface area contributed by atoms with Gasteiger partial charge in [0, 0.05) is 11.3 Å². The molecule has 0 bridgehead atoms. The Hall–Kier alpha value is -0.0800. The van der Waals surface area contributed by atoms with Crippen LogP contribution in [0.25, 0.3) is 0 Å². The highest BCUT2D eigenvalue weighted by atomic mass is 16.7. The van der Waals surface area contributed by atoms with Gasteiger partial charge in [0.1, 0.15) is 0 Å². The Kier molecular flexibility index (Phi) is 3.59. The fourth-order valence-electron chi connectivity index (χ4n) is 2.16. The summed E-state index contributed by atoms with van der Waals surface area (Å²) < 4.78 is 11.7. The van der Waals surface area contributed by atoms with Gasteiger partial charge in [-0.15, -0.1) is 0 Å². The SMILES string of the molecule is CC(C)[C@H]1OCC(C)(C)[C@@H](C(C)C)O1. The molecule has 0 N–H and O–H groups in total. The van der Waals surface area contributed by atoms with Gasteiger partial charge in [0.15, 0.2) is 6.29 Å². The first-order chi connectivity index (χ1) is 6.34. The Morgan fingerprint density at radius 3 is 2.07 bits per heavy atom. The predicted molar refractivity (Wildman–Crippen MR) is 58.1 cm³/mol. The van der Waals surface area contributed by atoms with Crippen LogP contribution in [0.15, 0.2) is 0 Å². The molecule has 2 atom stereocenters. The van der Waals surface area contributed by atoms with Gasteiger partial charge in [-0.1, -0.05) is 41.5 Å². The van der Waals surface area contributed by atoms with Gasteiger partial charge in [-0.05, 0) is 5.92 Å². The molecule has 0 saturated carbocycles. The zero-order chi connectivity index (χ0) is 10.9. The van der Waals surface area contributed by atoms with Crippen LogP contribution in [0.4, 0.5) is 0 Å². The average Bonchev–Trinajstić information content (AvgIpc) is 2.02. The maximum absolute atomic E-state index is 6.00. The van der Waals surface area contributed by atoms with E-state index in [9.17, 15) is 0 Å². The summed E-state index contributed by atoms with van der Waals surface area (Å²) in [6.45, 7) is 14.0. The minimum atomic E-state index is -0.0181. The Balaban J connectivity index is 2.68. The second-order valence-corrected chi connectivity index (χ2v) is 5.71. The van der Waals surface area contributed by atoms with E-state index < -0.39 is 0 Å². The lowest BCUT2D eigenvalue weighted by Crippen LogP contribution is -2.49. The van der Waals surface area contributed by atoms with E-state index >= 15 is 0 Å². The molecule has 0 unspecified atom stereocenters. The van der Waals surface area contributed by atoms with Gasteiger partial charge in [0.05, 0.1) is 12.7 Å². The number of rotatable bonds is 2. The van der Waals surface area contributed by atoms with E-state index in [2.05, 4.69) is 41.5 Å². The Bertz CT molecular complexity index is 185. The fourth-order valence-corrected chi connectivity index (χ4v) is 2.16. The van der Waals surface area contributed by atoms with Crippen molar-refractivity contribution >= 4 is 0 Å². The van der Waals surface area contributed by atoms with Crippen LogP contribution < -0.4 is 0 Å². The molecule has 2 nitrogen and oxygen atoms in total. The maximum atomic E-state index is 6.00. The molecule has 0 radical (unpaired) electrons. The zero-order valence-electron chi connectivity index (χ0n) is 10.3. The molecule has 0 aliphatic carbocycles. The first-order valence-corrected chi connectivity index (χ1v) is 5.61. The Morgan fingerprint density at radius 2 is 1.64 bits per heavy atom. The van der Waals surface area contributed by atoms with Gasteiger partial charge in [0.25, 0.3) is 0 Å². The predicted octanol–water partition coefficient (Wildman–Crippen LogP) is 3.07. The van der Waals surface area contributed by atoms with Crippen LogP contribution in [0.1, 0.15) is 41.5 Å². The average molecular weight is 200 g/mol. The molecule has 1 aliphatic rings. The van der Waals surface area contributed by atoms with Crippen molar-refractivity contribution in [1.82, 2.24) is 0 Å². The summed E-state index contributed by atoms with van der Waals surface area (Å²) >= 11 is 0. The normalized spacial score (nSPS) is 32.6. The van der Waals surface area contributed by atoms with Crippen LogP contribution in [0.5, 0.6) is 0 Å². The molecule has 14 heavy (non-hydrogen) atoms. The highest BCUT2D eigenvalue weighted by Crippen LogP contribution is 2.36. The van der Waals surface area contributed by atoms with E-state index in [1.165, 1.54) is 0 Å². The van der Waals surface area contributed by atoms with E-state index in [0.29, 0.717) is 17.9 Å². The lowest BCUT2D eigenvalue weighted by molar-refractivity contribution is -0.283. The third-order valence-corrected chi connectivity index (χ3v) is 2.82. The molecular formula is C12H24O2. The second-order valence-electron chi connectivity index (χ2n) is 5.71. The molecule has 0 spiro atoms. The van der Waals surface area contributed by atoms with E-state index in [4.69, 9.17) is 9.47 Å². The number of ether oxygens (including phenoxy) is 2. The zero-order valence-corrected chi connectivity index (χ0v) is 10.3. The van der Waals surface area contributed by atoms with Crippen LogP contribution in [0.3, 0.4) is 0 Å². The van der Waals surface area contributed by atoms with Crippen LogP contribution in [-0.2, 0) is 9.47 Å². The minimum Gasteiger partial charge on any atom is -0.352 e. The molecule has 1 heterocycles. The quantitative estimate of drug-likeness (QED) is 0.682. The van der Waals surface area contributed by atoms with E-state index in [-0.39, 0.29) is 11.7 Å². The minimum absolute atomic E-state index is 0.0181. The molecule has 0 aromatic heterocycles. The summed E-state index contributed by atoms with van der Waals surface area (Å²) in [4.78, 5) is 0. The summed E-state index contributed by atoms with van der Waals surface area (Å²) in [5.74, 6) is 0.988. The lowest BCUT2D eigenvalue weighted by atomic mass is 9.80. The summed E-state index contributed by atoms with van der Waals surface area (Å²) in [5.41, 5.74) is 0.138. The van der Waals surface area contributed by atoms with Crippen molar-refractivity contribution in [3.63, 3.8) is 0 Å². The third kappa shape index (κ3) is 2.48. The maximum Gasteiger partial charge on any atom is 0.160 e. The first kappa shape index (κ1) is 12.0. The van der Waals surface area contributed by atoms with Crippen molar-refractivity contribution in [1.29, 1.82) is 0 Å². The molecule has 0 amide bonds. The molecule has 1 aliphatic heterocycles. The van der Waals surface area contributed by atoms with Crippen LogP contribution in [-0.4, -0.2) is 19.0 Å². The highest BCUT2D eigenvalue weighted by Gasteiger charge is 2.40. The molecule has 1 fully saturated rings. The van der Waals surface area contributed by atoms with Crippen molar-refractivity contribution in [2.45, 2.75) is 53.9 Å². The van der Waals surface area contributed by atoms with E-state index in [1.807, 2.05) is 0 Å². The summed E-state index contributed by atoms with van der Waals surface area (Å²) in [6, 6.07) is 0. The topological polar surface area (TPSA) is 18.5 Å². The fraction of sp³-hybridized carbons (Fsp3) is 1.00. The van der Waals surface area contributed by atoms with Crippen LogP contribution >= 0.6 is 0 Å². The molecule has 0 aromatic carbocycles. The molecule has 1 saturated heterocycles. The van der Waals surface area contributed by atoms with Crippen molar-refractivity contribution in [2.75, 3.05) is 6.61 Å². The molecular weight excluding hydrogens is 176 g/mol. The molecule has 2 heteroatoms. The lowest BCUT2D eigenvalue weighted by Gasteiger charge is -2.45. The number of hydrogen-bond donors (Lipinski definition) is 0. The molecule has 1 rings (SSSR count). The van der Waals surface area contributed by atoms with Gasteiger partial charge >= 0.3 is 0 Å². The second kappa shape index (κ2) is 4.19. The van der Waals surface area contributed by atoms with Gasteiger partial charge < -0.3 is 9.47 Å². The van der Waals surface area contributed by atoms with E-state index in [0.717, 1.165) is 6.61 Å². The Labute approximate surface area is 88.0 Å². The summed E-state index contributed by atoms with van der Waals surface area (Å²) in [5, 5.41) is 0. The Morgan fingerprint density at radius 1 is 1.07 bits per heavy atom. The molecule has 84 valence electrons. The van der Waals surface area contributed by atoms with Crippen molar-refractivity contribution < 1.29 is 9.47 Å². The molecule has 0 aromatic rings. The first-order valence-electron chi connectivity index (χ1n) is 5.61. The van der Waals surface area contributed by atoms with Crippen molar-refractivity contribution in [3.05, 3.63) is 0 Å². The summed E-state index contributed by atoms with van der Waals surface area (Å²) in [7, 11) is 0. The smallest absolute Gasteiger partial charge is 0.160 e. The number of hydrogen-bond acceptors (Lipinski definition) is 2. The highest BCUT2D eigenvalue weighted by molar-refractivity contribution is 4.85. The van der Waals surface area contributed by atoms with Gasteiger partial charge in [-0.2, -0.15) is 0 Å². The van der Waals surface area contributed by atoms with Gasteiger partial charge in [-0.25, -0.2) is 0 Å². The van der Waals surface area contributed by atoms with Crippen molar-refractivity contribution in [3.8, 4) is 0 Å². The largest absolute Gasteiger partial charge is 0.352 e. The van der Waals surface area contributed by atoms with Crippen molar-refractivity contribution in [2.24, 2.45) is 17.3 Å².